The summed E-state index contributed by atoms with van der Waals surface area (Å²) in [5.41, 5.74) is 1.14. The van der Waals surface area contributed by atoms with E-state index in [0.717, 1.165) is 11.8 Å². The summed E-state index contributed by atoms with van der Waals surface area (Å²) in [6, 6.07) is 10.7. The van der Waals surface area contributed by atoms with Crippen LogP contribution in [0.1, 0.15) is 11.1 Å². The predicted molar refractivity (Wildman–Crippen MR) is 83.2 cm³/mol. The van der Waals surface area contributed by atoms with E-state index in [-0.39, 0.29) is 10.5 Å². The first kappa shape index (κ1) is 15.7. The number of rotatable bonds is 4. The number of nitrogens with zero attached hydrogens (tertiary/aromatic N) is 1. The number of sulfonamides is 1. The summed E-state index contributed by atoms with van der Waals surface area (Å²) in [6.07, 6.45) is 1.12. The van der Waals surface area contributed by atoms with Crippen molar-refractivity contribution in [2.75, 3.05) is 0 Å². The SMILES string of the molecule is Cc1ccc(S(=O)(=O)N/N=C/c2ccc(Br)cc2F)cc1. The molecule has 2 aromatic carbocycles. The zero-order chi connectivity index (χ0) is 15.5. The fourth-order valence-corrected chi connectivity index (χ4v) is 2.67. The van der Waals surface area contributed by atoms with Gasteiger partial charge in [-0.3, -0.25) is 0 Å². The van der Waals surface area contributed by atoms with Crippen molar-refractivity contribution in [3.8, 4) is 0 Å². The van der Waals surface area contributed by atoms with Crippen molar-refractivity contribution in [1.82, 2.24) is 4.83 Å². The first-order valence-corrected chi connectivity index (χ1v) is 8.23. The van der Waals surface area contributed by atoms with Crippen LogP contribution in [-0.4, -0.2) is 14.6 Å². The molecule has 0 amide bonds. The molecule has 0 heterocycles. The van der Waals surface area contributed by atoms with Gasteiger partial charge in [0.2, 0.25) is 0 Å². The van der Waals surface area contributed by atoms with Crippen LogP contribution in [0.4, 0.5) is 4.39 Å². The van der Waals surface area contributed by atoms with E-state index in [0.29, 0.717) is 4.47 Å². The lowest BCUT2D eigenvalue weighted by atomic mass is 10.2. The van der Waals surface area contributed by atoms with E-state index in [4.69, 9.17) is 0 Å². The van der Waals surface area contributed by atoms with Gasteiger partial charge in [-0.2, -0.15) is 13.5 Å². The highest BCUT2D eigenvalue weighted by Gasteiger charge is 2.11. The van der Waals surface area contributed by atoms with E-state index < -0.39 is 15.8 Å². The highest BCUT2D eigenvalue weighted by atomic mass is 79.9. The first-order valence-electron chi connectivity index (χ1n) is 5.95. The molecule has 0 radical (unpaired) electrons. The van der Waals surface area contributed by atoms with Crippen molar-refractivity contribution in [3.05, 3.63) is 63.9 Å². The summed E-state index contributed by atoms with van der Waals surface area (Å²) >= 11 is 3.14. The molecule has 0 fully saturated rings. The van der Waals surface area contributed by atoms with E-state index in [1.54, 1.807) is 18.2 Å². The third kappa shape index (κ3) is 4.12. The third-order valence-corrected chi connectivity index (χ3v) is 4.40. The second kappa shape index (κ2) is 6.36. The molecule has 0 aliphatic rings. The van der Waals surface area contributed by atoms with Gasteiger partial charge >= 0.3 is 0 Å². The summed E-state index contributed by atoms with van der Waals surface area (Å²) in [5.74, 6) is -0.498. The predicted octanol–water partition coefficient (Wildman–Crippen LogP) is 3.21. The van der Waals surface area contributed by atoms with Gasteiger partial charge in [0.25, 0.3) is 10.0 Å². The highest BCUT2D eigenvalue weighted by molar-refractivity contribution is 9.10. The minimum absolute atomic E-state index is 0.0986. The number of aryl methyl sites for hydroxylation is 1. The summed E-state index contributed by atoms with van der Waals surface area (Å²) in [4.78, 5) is 2.15. The van der Waals surface area contributed by atoms with Crippen molar-refractivity contribution in [2.45, 2.75) is 11.8 Å². The van der Waals surface area contributed by atoms with Crippen LogP contribution >= 0.6 is 15.9 Å². The molecule has 2 rings (SSSR count). The molecule has 110 valence electrons. The molecule has 2 aromatic rings. The molecular formula is C14H12BrFN2O2S. The third-order valence-electron chi connectivity index (χ3n) is 2.67. The molecule has 0 spiro atoms. The fourth-order valence-electron chi connectivity index (χ4n) is 1.54. The zero-order valence-electron chi connectivity index (χ0n) is 11.0. The van der Waals surface area contributed by atoms with Crippen LogP contribution in [-0.2, 0) is 10.0 Å². The monoisotopic (exact) mass is 370 g/mol. The smallest absolute Gasteiger partial charge is 0.206 e. The van der Waals surface area contributed by atoms with Crippen LogP contribution in [0.2, 0.25) is 0 Å². The van der Waals surface area contributed by atoms with Crippen LogP contribution in [0.3, 0.4) is 0 Å². The van der Waals surface area contributed by atoms with Gasteiger partial charge in [-0.05, 0) is 37.3 Å². The molecule has 0 atom stereocenters. The van der Waals surface area contributed by atoms with Gasteiger partial charge in [0.15, 0.2) is 0 Å². The minimum Gasteiger partial charge on any atom is -0.206 e. The average Bonchev–Trinajstić information content (AvgIpc) is 2.41. The number of hydrogen-bond donors (Lipinski definition) is 1. The van der Waals surface area contributed by atoms with Gasteiger partial charge in [-0.1, -0.05) is 33.6 Å². The molecule has 0 saturated heterocycles. The maximum Gasteiger partial charge on any atom is 0.276 e. The number of hydrazone groups is 1. The normalized spacial score (nSPS) is 11.8. The molecule has 0 bridgehead atoms. The molecular weight excluding hydrogens is 359 g/mol. The molecule has 0 aliphatic carbocycles. The fraction of sp³-hybridized carbons (Fsp3) is 0.0714. The van der Waals surface area contributed by atoms with Crippen LogP contribution in [0.5, 0.6) is 0 Å². The summed E-state index contributed by atoms with van der Waals surface area (Å²) in [7, 11) is -3.75. The van der Waals surface area contributed by atoms with Crippen molar-refractivity contribution in [3.63, 3.8) is 0 Å². The van der Waals surface area contributed by atoms with Crippen molar-refractivity contribution in [1.29, 1.82) is 0 Å². The molecule has 4 nitrogen and oxygen atoms in total. The van der Waals surface area contributed by atoms with E-state index in [1.165, 1.54) is 24.3 Å². The number of halogens is 2. The number of nitrogens with one attached hydrogen (secondary N) is 1. The Bertz CT molecular complexity index is 774. The Morgan fingerprint density at radius 1 is 1.19 bits per heavy atom. The molecule has 0 unspecified atom stereocenters. The van der Waals surface area contributed by atoms with Crippen LogP contribution in [0.15, 0.2) is 56.9 Å². The second-order valence-electron chi connectivity index (χ2n) is 4.33. The zero-order valence-corrected chi connectivity index (χ0v) is 13.4. The quantitative estimate of drug-likeness (QED) is 0.663. The maximum absolute atomic E-state index is 13.5. The molecule has 0 saturated carbocycles. The van der Waals surface area contributed by atoms with Gasteiger partial charge in [-0.15, -0.1) is 0 Å². The average molecular weight is 371 g/mol. The van der Waals surface area contributed by atoms with Crippen molar-refractivity contribution in [2.24, 2.45) is 5.10 Å². The summed E-state index contributed by atoms with van der Waals surface area (Å²) < 4.78 is 38.0. The Hall–Kier alpha value is -1.73. The summed E-state index contributed by atoms with van der Waals surface area (Å²) in [6.45, 7) is 1.86. The van der Waals surface area contributed by atoms with Gasteiger partial charge in [-0.25, -0.2) is 9.22 Å². The Kier molecular flexibility index (Phi) is 4.74. The van der Waals surface area contributed by atoms with Crippen LogP contribution in [0, 0.1) is 12.7 Å². The van der Waals surface area contributed by atoms with Gasteiger partial charge in [0, 0.05) is 10.0 Å². The lowest BCUT2D eigenvalue weighted by molar-refractivity contribution is 0.584. The highest BCUT2D eigenvalue weighted by Crippen LogP contribution is 2.14. The largest absolute Gasteiger partial charge is 0.276 e. The Balaban J connectivity index is 2.14. The van der Waals surface area contributed by atoms with Crippen molar-refractivity contribution >= 4 is 32.2 Å². The maximum atomic E-state index is 13.5. The second-order valence-corrected chi connectivity index (χ2v) is 6.91. The molecule has 0 aliphatic heterocycles. The van der Waals surface area contributed by atoms with Crippen LogP contribution < -0.4 is 4.83 Å². The van der Waals surface area contributed by atoms with Crippen molar-refractivity contribution < 1.29 is 12.8 Å². The Morgan fingerprint density at radius 2 is 1.86 bits per heavy atom. The molecule has 0 aromatic heterocycles. The summed E-state index contributed by atoms with van der Waals surface area (Å²) in [5, 5.41) is 3.58. The van der Waals surface area contributed by atoms with Gasteiger partial charge < -0.3 is 0 Å². The van der Waals surface area contributed by atoms with Gasteiger partial charge in [0.05, 0.1) is 11.1 Å². The van der Waals surface area contributed by atoms with E-state index in [2.05, 4.69) is 21.0 Å². The van der Waals surface area contributed by atoms with Crippen LogP contribution in [0.25, 0.3) is 0 Å². The Labute approximate surface area is 130 Å². The Morgan fingerprint density at radius 3 is 2.48 bits per heavy atom. The lowest BCUT2D eigenvalue weighted by Gasteiger charge is -2.03. The van der Waals surface area contributed by atoms with E-state index in [9.17, 15) is 12.8 Å². The van der Waals surface area contributed by atoms with E-state index >= 15 is 0 Å². The standard InChI is InChI=1S/C14H12BrFN2O2S/c1-10-2-6-13(7-3-10)21(19,20)18-17-9-11-4-5-12(15)8-14(11)16/h2-9,18H,1H3/b17-9+. The number of benzene rings is 2. The molecule has 1 N–H and O–H groups in total. The molecule has 21 heavy (non-hydrogen) atoms. The molecule has 7 heteroatoms. The topological polar surface area (TPSA) is 58.5 Å². The first-order chi connectivity index (χ1) is 9.88. The van der Waals surface area contributed by atoms with Gasteiger partial charge in [0.1, 0.15) is 5.82 Å². The number of hydrogen-bond acceptors (Lipinski definition) is 3. The van der Waals surface area contributed by atoms with E-state index in [1.807, 2.05) is 11.8 Å². The lowest BCUT2D eigenvalue weighted by Crippen LogP contribution is -2.18. The minimum atomic E-state index is -3.75.